The lowest BCUT2D eigenvalue weighted by molar-refractivity contribution is 0.0602. The van der Waals surface area contributed by atoms with Crippen LogP contribution in [0.3, 0.4) is 0 Å². The van der Waals surface area contributed by atoms with Gasteiger partial charge >= 0.3 is 5.97 Å². The van der Waals surface area contributed by atoms with E-state index >= 15 is 0 Å². The maximum atomic E-state index is 14.0. The summed E-state index contributed by atoms with van der Waals surface area (Å²) in [6.07, 6.45) is 0. The quantitative estimate of drug-likeness (QED) is 0.444. The van der Waals surface area contributed by atoms with Crippen molar-refractivity contribution >= 4 is 57.2 Å². The van der Waals surface area contributed by atoms with Crippen LogP contribution in [0.2, 0.25) is 5.02 Å². The number of nitrogens with two attached hydrogens (primary N) is 1. The Kier molecular flexibility index (Phi) is 4.89. The number of ether oxygens (including phenoxy) is 1. The zero-order valence-corrected chi connectivity index (χ0v) is 13.8. The van der Waals surface area contributed by atoms with Gasteiger partial charge in [-0.15, -0.1) is 0 Å². The second-order valence-corrected chi connectivity index (χ2v) is 5.76. The van der Waals surface area contributed by atoms with Crippen molar-refractivity contribution in [3.05, 3.63) is 50.3 Å². The molecule has 2 aromatic rings. The normalized spacial score (nSPS) is 10.3. The molecule has 0 amide bonds. The number of hydrogen-bond donors (Lipinski definition) is 2. The second kappa shape index (κ2) is 6.48. The number of esters is 1. The van der Waals surface area contributed by atoms with Crippen molar-refractivity contribution in [2.75, 3.05) is 18.2 Å². The fraction of sp³-hybridized carbons (Fsp3) is 0.0714. The van der Waals surface area contributed by atoms with Gasteiger partial charge in [-0.1, -0.05) is 11.6 Å². The van der Waals surface area contributed by atoms with E-state index in [1.165, 1.54) is 13.2 Å². The van der Waals surface area contributed by atoms with E-state index in [0.717, 1.165) is 9.64 Å². The van der Waals surface area contributed by atoms with Crippen LogP contribution >= 0.6 is 34.2 Å². The van der Waals surface area contributed by atoms with Crippen LogP contribution in [0.1, 0.15) is 10.4 Å². The highest BCUT2D eigenvalue weighted by atomic mass is 127. The molecule has 2 aromatic carbocycles. The maximum absolute atomic E-state index is 14.0. The Morgan fingerprint density at radius 2 is 2.05 bits per heavy atom. The van der Waals surface area contributed by atoms with Gasteiger partial charge < -0.3 is 15.8 Å². The Bertz CT molecular complexity index is 710. The molecule has 0 heterocycles. The van der Waals surface area contributed by atoms with E-state index in [4.69, 9.17) is 17.3 Å². The van der Waals surface area contributed by atoms with Crippen molar-refractivity contribution in [1.82, 2.24) is 0 Å². The number of carbonyl (C=O) groups excluding carboxylic acids is 1. The average Bonchev–Trinajstić information content (AvgIpc) is 2.43. The number of carbonyl (C=O) groups is 1. The number of hydrogen-bond acceptors (Lipinski definition) is 4. The Labute approximate surface area is 139 Å². The lowest BCUT2D eigenvalue weighted by atomic mass is 10.1. The first-order valence-corrected chi connectivity index (χ1v) is 7.27. The Hall–Kier alpha value is -1.54. The predicted molar refractivity (Wildman–Crippen MR) is 89.6 cm³/mol. The number of halogens is 3. The number of rotatable bonds is 3. The van der Waals surface area contributed by atoms with Gasteiger partial charge in [-0.05, 0) is 52.9 Å². The zero-order chi connectivity index (χ0) is 15.6. The van der Waals surface area contributed by atoms with Gasteiger partial charge in [-0.2, -0.15) is 0 Å². The van der Waals surface area contributed by atoms with Crippen LogP contribution in [0.15, 0.2) is 30.3 Å². The van der Waals surface area contributed by atoms with Crippen LogP contribution in [0.25, 0.3) is 0 Å². The third kappa shape index (κ3) is 3.56. The van der Waals surface area contributed by atoms with Crippen molar-refractivity contribution in [2.45, 2.75) is 0 Å². The van der Waals surface area contributed by atoms with Crippen LogP contribution in [0, 0.1) is 9.39 Å². The molecule has 110 valence electrons. The minimum atomic E-state index is -0.624. The summed E-state index contributed by atoms with van der Waals surface area (Å²) < 4.78 is 19.4. The molecule has 3 N–H and O–H groups in total. The molecule has 0 spiro atoms. The molecule has 4 nitrogen and oxygen atoms in total. The number of nitrogens with one attached hydrogen (secondary N) is 1. The molecule has 0 aliphatic rings. The first-order chi connectivity index (χ1) is 9.92. The van der Waals surface area contributed by atoms with Gasteiger partial charge in [0.15, 0.2) is 0 Å². The van der Waals surface area contributed by atoms with Crippen LogP contribution in [-0.2, 0) is 4.74 Å². The third-order valence-corrected chi connectivity index (χ3v) is 3.87. The van der Waals surface area contributed by atoms with E-state index in [1.54, 1.807) is 18.2 Å². The number of methoxy groups -OCH3 is 1. The van der Waals surface area contributed by atoms with Crippen molar-refractivity contribution in [3.8, 4) is 0 Å². The largest absolute Gasteiger partial charge is 0.465 e. The summed E-state index contributed by atoms with van der Waals surface area (Å²) in [4.78, 5) is 11.6. The predicted octanol–water partition coefficient (Wildman–Crippen LogP) is 4.20. The summed E-state index contributed by atoms with van der Waals surface area (Å²) in [5.74, 6) is -1.19. The van der Waals surface area contributed by atoms with Crippen molar-refractivity contribution in [1.29, 1.82) is 0 Å². The number of anilines is 3. The SMILES string of the molecule is COC(=O)c1cc(Nc2ccc(Cl)cc2I)c(F)cc1N. The lowest BCUT2D eigenvalue weighted by Crippen LogP contribution is -2.08. The first kappa shape index (κ1) is 15.8. The first-order valence-electron chi connectivity index (χ1n) is 5.81. The molecule has 0 bridgehead atoms. The highest BCUT2D eigenvalue weighted by Crippen LogP contribution is 2.29. The standard InChI is InChI=1S/C14H11ClFIN2O2/c1-21-14(20)8-5-13(9(16)6-11(8)18)19-12-3-2-7(15)4-10(12)17/h2-6,19H,18H2,1H3. The summed E-state index contributed by atoms with van der Waals surface area (Å²) in [6, 6.07) is 7.54. The molecule has 0 aliphatic heterocycles. The zero-order valence-electron chi connectivity index (χ0n) is 10.9. The van der Waals surface area contributed by atoms with Gasteiger partial charge in [-0.25, -0.2) is 9.18 Å². The van der Waals surface area contributed by atoms with Crippen LogP contribution in [0.5, 0.6) is 0 Å². The van der Waals surface area contributed by atoms with Crippen LogP contribution in [0.4, 0.5) is 21.5 Å². The van der Waals surface area contributed by atoms with Crippen LogP contribution in [-0.4, -0.2) is 13.1 Å². The molecule has 0 aromatic heterocycles. The number of benzene rings is 2. The van der Waals surface area contributed by atoms with Gasteiger partial charge in [0.05, 0.1) is 24.0 Å². The van der Waals surface area contributed by atoms with Gasteiger partial charge in [-0.3, -0.25) is 0 Å². The maximum Gasteiger partial charge on any atom is 0.340 e. The van der Waals surface area contributed by atoms with E-state index in [9.17, 15) is 9.18 Å². The van der Waals surface area contributed by atoms with E-state index in [1.807, 2.05) is 0 Å². The molecule has 7 heteroatoms. The number of nitrogen functional groups attached to an aromatic ring is 1. The van der Waals surface area contributed by atoms with Crippen molar-refractivity contribution < 1.29 is 13.9 Å². The summed E-state index contributed by atoms with van der Waals surface area (Å²) in [5.41, 5.74) is 6.54. The van der Waals surface area contributed by atoms with Crippen LogP contribution < -0.4 is 11.1 Å². The smallest absolute Gasteiger partial charge is 0.340 e. The van der Waals surface area contributed by atoms with E-state index in [0.29, 0.717) is 10.7 Å². The lowest BCUT2D eigenvalue weighted by Gasteiger charge is -2.12. The van der Waals surface area contributed by atoms with E-state index in [2.05, 4.69) is 32.6 Å². The van der Waals surface area contributed by atoms with Gasteiger partial charge in [0.25, 0.3) is 0 Å². The molecular weight excluding hydrogens is 410 g/mol. The van der Waals surface area contributed by atoms with Gasteiger partial charge in [0.2, 0.25) is 0 Å². The van der Waals surface area contributed by atoms with Crippen molar-refractivity contribution in [3.63, 3.8) is 0 Å². The Morgan fingerprint density at radius 3 is 2.67 bits per heavy atom. The highest BCUT2D eigenvalue weighted by molar-refractivity contribution is 14.1. The summed E-state index contributed by atoms with van der Waals surface area (Å²) >= 11 is 7.95. The molecule has 0 saturated carbocycles. The minimum absolute atomic E-state index is 0.0238. The molecule has 0 radical (unpaired) electrons. The van der Waals surface area contributed by atoms with Gasteiger partial charge in [0.1, 0.15) is 5.82 Å². The fourth-order valence-corrected chi connectivity index (χ4v) is 2.71. The molecule has 0 aliphatic carbocycles. The molecular formula is C14H11ClFIN2O2. The molecule has 2 rings (SSSR count). The molecule has 0 fully saturated rings. The molecule has 0 saturated heterocycles. The topological polar surface area (TPSA) is 64.3 Å². The average molecular weight is 421 g/mol. The summed E-state index contributed by atoms with van der Waals surface area (Å²) in [7, 11) is 1.24. The molecule has 0 atom stereocenters. The third-order valence-electron chi connectivity index (χ3n) is 2.74. The van der Waals surface area contributed by atoms with E-state index < -0.39 is 11.8 Å². The summed E-state index contributed by atoms with van der Waals surface area (Å²) in [6.45, 7) is 0. The Balaban J connectivity index is 2.42. The Morgan fingerprint density at radius 1 is 1.33 bits per heavy atom. The fourth-order valence-electron chi connectivity index (χ4n) is 1.71. The van der Waals surface area contributed by atoms with Gasteiger partial charge in [0, 0.05) is 14.3 Å². The molecule has 0 unspecified atom stereocenters. The highest BCUT2D eigenvalue weighted by Gasteiger charge is 2.15. The van der Waals surface area contributed by atoms with Crippen molar-refractivity contribution in [2.24, 2.45) is 0 Å². The monoisotopic (exact) mass is 420 g/mol. The second-order valence-electron chi connectivity index (χ2n) is 4.16. The minimum Gasteiger partial charge on any atom is -0.465 e. The molecule has 21 heavy (non-hydrogen) atoms. The summed E-state index contributed by atoms with van der Waals surface area (Å²) in [5, 5.41) is 3.49. The van der Waals surface area contributed by atoms with E-state index in [-0.39, 0.29) is 16.9 Å².